The maximum Gasteiger partial charge on any atom is 0.123 e. The van der Waals surface area contributed by atoms with E-state index in [1.807, 2.05) is 0 Å². The van der Waals surface area contributed by atoms with Gasteiger partial charge < -0.3 is 10.5 Å². The number of likely N-dealkylation sites (tertiary alicyclic amines) is 1. The van der Waals surface area contributed by atoms with Crippen LogP contribution in [0.1, 0.15) is 25.8 Å². The van der Waals surface area contributed by atoms with Crippen LogP contribution in [-0.2, 0) is 6.54 Å². The predicted octanol–water partition coefficient (Wildman–Crippen LogP) is 2.39. The van der Waals surface area contributed by atoms with Crippen molar-refractivity contribution in [2.75, 3.05) is 20.2 Å². The van der Waals surface area contributed by atoms with Crippen molar-refractivity contribution in [3.63, 3.8) is 0 Å². The minimum Gasteiger partial charge on any atom is -0.496 e. The van der Waals surface area contributed by atoms with E-state index in [0.29, 0.717) is 6.54 Å². The lowest BCUT2D eigenvalue weighted by molar-refractivity contribution is 0.100. The normalized spacial score (nSPS) is 23.3. The highest BCUT2D eigenvalue weighted by Gasteiger charge is 2.33. The van der Waals surface area contributed by atoms with E-state index in [2.05, 4.69) is 18.7 Å². The topological polar surface area (TPSA) is 38.5 Å². The van der Waals surface area contributed by atoms with E-state index in [9.17, 15) is 4.39 Å². The van der Waals surface area contributed by atoms with Crippen molar-refractivity contribution in [2.45, 2.75) is 32.9 Å². The molecule has 19 heavy (non-hydrogen) atoms. The molecule has 0 bridgehead atoms. The second-order valence-corrected chi connectivity index (χ2v) is 6.04. The molecule has 2 N–H and O–H groups in total. The lowest BCUT2D eigenvalue weighted by Crippen LogP contribution is -2.52. The molecule has 2 rings (SSSR count). The summed E-state index contributed by atoms with van der Waals surface area (Å²) in [6.07, 6.45) is 1.06. The van der Waals surface area contributed by atoms with Crippen LogP contribution >= 0.6 is 0 Å². The quantitative estimate of drug-likeness (QED) is 0.913. The first-order valence-electron chi connectivity index (χ1n) is 6.73. The maximum absolute atomic E-state index is 13.3. The Morgan fingerprint density at radius 2 is 2.21 bits per heavy atom. The van der Waals surface area contributed by atoms with Gasteiger partial charge in [-0.2, -0.15) is 0 Å². The van der Waals surface area contributed by atoms with Crippen molar-refractivity contribution >= 4 is 0 Å². The molecule has 1 atom stereocenters. The molecule has 0 amide bonds. The van der Waals surface area contributed by atoms with Crippen LogP contribution in [0.4, 0.5) is 4.39 Å². The van der Waals surface area contributed by atoms with E-state index < -0.39 is 0 Å². The van der Waals surface area contributed by atoms with Gasteiger partial charge in [-0.15, -0.1) is 0 Å². The van der Waals surface area contributed by atoms with E-state index in [1.54, 1.807) is 19.2 Å². The number of methoxy groups -OCH3 is 1. The average molecular weight is 266 g/mol. The average Bonchev–Trinajstić information content (AvgIpc) is 2.35. The van der Waals surface area contributed by atoms with Crippen molar-refractivity contribution in [2.24, 2.45) is 11.1 Å². The van der Waals surface area contributed by atoms with Gasteiger partial charge in [0.1, 0.15) is 11.6 Å². The maximum atomic E-state index is 13.3. The van der Waals surface area contributed by atoms with Gasteiger partial charge in [0.15, 0.2) is 0 Å². The number of hydrogen-bond acceptors (Lipinski definition) is 3. The second-order valence-electron chi connectivity index (χ2n) is 6.04. The molecular formula is C15H23FN2O. The molecule has 1 saturated heterocycles. The molecule has 1 aromatic rings. The molecule has 1 aromatic carbocycles. The van der Waals surface area contributed by atoms with Crippen LogP contribution in [0.15, 0.2) is 18.2 Å². The molecular weight excluding hydrogens is 243 g/mol. The molecule has 1 aliphatic heterocycles. The highest BCUT2D eigenvalue weighted by molar-refractivity contribution is 5.33. The van der Waals surface area contributed by atoms with Crippen molar-refractivity contribution in [1.29, 1.82) is 0 Å². The van der Waals surface area contributed by atoms with Gasteiger partial charge in [0.25, 0.3) is 0 Å². The summed E-state index contributed by atoms with van der Waals surface area (Å²) in [5.74, 6) is 0.511. The largest absolute Gasteiger partial charge is 0.496 e. The number of piperidine rings is 1. The Kier molecular flexibility index (Phi) is 4.11. The summed E-state index contributed by atoms with van der Waals surface area (Å²) in [6.45, 7) is 6.92. The molecule has 1 aliphatic rings. The zero-order chi connectivity index (χ0) is 14.0. The van der Waals surface area contributed by atoms with Gasteiger partial charge in [0.05, 0.1) is 7.11 Å². The lowest BCUT2D eigenvalue weighted by Gasteiger charge is -2.42. The smallest absolute Gasteiger partial charge is 0.123 e. The molecule has 0 aliphatic carbocycles. The molecule has 1 unspecified atom stereocenters. The van der Waals surface area contributed by atoms with E-state index >= 15 is 0 Å². The zero-order valence-corrected chi connectivity index (χ0v) is 11.9. The van der Waals surface area contributed by atoms with Crippen LogP contribution in [0.25, 0.3) is 0 Å². The molecule has 106 valence electrons. The Morgan fingerprint density at radius 3 is 2.84 bits per heavy atom. The Morgan fingerprint density at radius 1 is 1.47 bits per heavy atom. The summed E-state index contributed by atoms with van der Waals surface area (Å²) in [5.41, 5.74) is 7.28. The zero-order valence-electron chi connectivity index (χ0n) is 11.9. The summed E-state index contributed by atoms with van der Waals surface area (Å²) in [4.78, 5) is 2.27. The molecule has 0 aromatic heterocycles. The van der Waals surface area contributed by atoms with Crippen LogP contribution in [0.5, 0.6) is 5.75 Å². The minimum absolute atomic E-state index is 0.154. The first-order valence-corrected chi connectivity index (χ1v) is 6.73. The molecule has 1 heterocycles. The molecule has 0 spiro atoms. The van der Waals surface area contributed by atoms with Gasteiger partial charge in [0, 0.05) is 24.7 Å². The van der Waals surface area contributed by atoms with Crippen LogP contribution in [-0.4, -0.2) is 31.1 Å². The van der Waals surface area contributed by atoms with E-state index in [4.69, 9.17) is 10.5 Å². The highest BCUT2D eigenvalue weighted by atomic mass is 19.1. The van der Waals surface area contributed by atoms with Crippen LogP contribution in [0.2, 0.25) is 0 Å². The third kappa shape index (κ3) is 3.25. The predicted molar refractivity (Wildman–Crippen MR) is 74.6 cm³/mol. The number of nitrogens with zero attached hydrogens (tertiary/aromatic N) is 1. The van der Waals surface area contributed by atoms with Gasteiger partial charge >= 0.3 is 0 Å². The Hall–Kier alpha value is -1.13. The van der Waals surface area contributed by atoms with Crippen molar-refractivity contribution < 1.29 is 9.13 Å². The van der Waals surface area contributed by atoms with Gasteiger partial charge in [-0.05, 0) is 36.6 Å². The highest BCUT2D eigenvalue weighted by Crippen LogP contribution is 2.30. The van der Waals surface area contributed by atoms with E-state index in [1.165, 1.54) is 6.07 Å². The number of rotatable bonds is 3. The Bertz CT molecular complexity index is 448. The number of ether oxygens (including phenoxy) is 1. The minimum atomic E-state index is -0.225. The van der Waals surface area contributed by atoms with Gasteiger partial charge in [-0.25, -0.2) is 4.39 Å². The molecule has 0 radical (unpaired) electrons. The third-order valence-corrected chi connectivity index (χ3v) is 4.17. The van der Waals surface area contributed by atoms with Crippen molar-refractivity contribution in [1.82, 2.24) is 4.90 Å². The van der Waals surface area contributed by atoms with Crippen molar-refractivity contribution in [3.8, 4) is 5.75 Å². The monoisotopic (exact) mass is 266 g/mol. The summed E-state index contributed by atoms with van der Waals surface area (Å²) >= 11 is 0. The van der Waals surface area contributed by atoms with E-state index in [-0.39, 0.29) is 17.3 Å². The van der Waals surface area contributed by atoms with Crippen LogP contribution in [0.3, 0.4) is 0 Å². The molecule has 4 heteroatoms. The first-order chi connectivity index (χ1) is 8.92. The number of nitrogens with two attached hydrogens (primary N) is 1. The van der Waals surface area contributed by atoms with Gasteiger partial charge in [0.2, 0.25) is 0 Å². The van der Waals surface area contributed by atoms with Gasteiger partial charge in [-0.3, -0.25) is 4.90 Å². The summed E-state index contributed by atoms with van der Waals surface area (Å²) in [6, 6.07) is 4.80. The van der Waals surface area contributed by atoms with Crippen molar-refractivity contribution in [3.05, 3.63) is 29.6 Å². The fraction of sp³-hybridized carbons (Fsp3) is 0.600. The second kappa shape index (κ2) is 5.47. The summed E-state index contributed by atoms with van der Waals surface area (Å²) in [5, 5.41) is 0. The van der Waals surface area contributed by atoms with Crippen LogP contribution < -0.4 is 10.5 Å². The number of benzene rings is 1. The molecule has 0 saturated carbocycles. The fourth-order valence-electron chi connectivity index (χ4n) is 2.50. The van der Waals surface area contributed by atoms with Gasteiger partial charge in [-0.1, -0.05) is 13.8 Å². The number of hydrogen-bond donors (Lipinski definition) is 1. The SMILES string of the molecule is COc1ccc(F)cc1CN1CCC(C)(C)C(N)C1. The summed E-state index contributed by atoms with van der Waals surface area (Å²) < 4.78 is 18.6. The first kappa shape index (κ1) is 14.3. The Labute approximate surface area is 114 Å². The lowest BCUT2D eigenvalue weighted by atomic mass is 9.78. The van der Waals surface area contributed by atoms with Crippen LogP contribution in [0, 0.1) is 11.2 Å². The van der Waals surface area contributed by atoms with E-state index in [0.717, 1.165) is 30.8 Å². The standard InChI is InChI=1S/C15H23FN2O/c1-15(2)6-7-18(10-14(15)17)9-11-8-12(16)4-5-13(11)19-3/h4-5,8,14H,6-7,9-10,17H2,1-3H3. The summed E-state index contributed by atoms with van der Waals surface area (Å²) in [7, 11) is 1.61. The fourth-order valence-corrected chi connectivity index (χ4v) is 2.50. The molecule has 1 fully saturated rings. The Balaban J connectivity index is 2.08. The number of halogens is 1. The third-order valence-electron chi connectivity index (χ3n) is 4.17. The molecule has 3 nitrogen and oxygen atoms in total.